The Morgan fingerprint density at radius 2 is 2.06 bits per heavy atom. The Labute approximate surface area is 103 Å². The van der Waals surface area contributed by atoms with Gasteiger partial charge in [-0.15, -0.1) is 0 Å². The molecule has 0 saturated heterocycles. The van der Waals surface area contributed by atoms with Gasteiger partial charge in [-0.3, -0.25) is 0 Å². The van der Waals surface area contributed by atoms with Crippen molar-refractivity contribution >= 4 is 0 Å². The summed E-state index contributed by atoms with van der Waals surface area (Å²) >= 11 is 0. The summed E-state index contributed by atoms with van der Waals surface area (Å²) in [5, 5.41) is 10.5. The number of rotatable bonds is 2. The van der Waals surface area contributed by atoms with Gasteiger partial charge in [-0.05, 0) is 34.9 Å². The second-order valence-corrected chi connectivity index (χ2v) is 5.54. The van der Waals surface area contributed by atoms with E-state index in [0.717, 1.165) is 18.6 Å². The Morgan fingerprint density at radius 1 is 1.24 bits per heavy atom. The van der Waals surface area contributed by atoms with Crippen LogP contribution in [0.25, 0.3) is 0 Å². The second-order valence-electron chi connectivity index (χ2n) is 5.54. The van der Waals surface area contributed by atoms with E-state index in [0.29, 0.717) is 18.4 Å². The number of aliphatic hydroxyl groups excluding tert-OH is 1. The molecule has 0 amide bonds. The lowest BCUT2D eigenvalue weighted by Crippen LogP contribution is -2.15. The summed E-state index contributed by atoms with van der Waals surface area (Å²) in [7, 11) is 0. The van der Waals surface area contributed by atoms with Crippen LogP contribution in [0.4, 0.5) is 0 Å². The van der Waals surface area contributed by atoms with E-state index < -0.39 is 0 Å². The lowest BCUT2D eigenvalue weighted by Gasteiger charge is -2.23. The third kappa shape index (κ3) is 2.00. The highest BCUT2D eigenvalue weighted by Crippen LogP contribution is 2.40. The molecule has 3 atom stereocenters. The van der Waals surface area contributed by atoms with E-state index in [2.05, 4.69) is 25.1 Å². The predicted octanol–water partition coefficient (Wildman–Crippen LogP) is 3.19. The first-order valence-corrected chi connectivity index (χ1v) is 6.63. The van der Waals surface area contributed by atoms with Crippen molar-refractivity contribution in [2.45, 2.75) is 45.5 Å². The van der Waals surface area contributed by atoms with E-state index in [1.807, 2.05) is 0 Å². The zero-order valence-electron chi connectivity index (χ0n) is 10.4. The molecule has 92 valence electrons. The average Bonchev–Trinajstić information content (AvgIpc) is 2.95. The Balaban J connectivity index is 1.83. The number of aliphatic hydroxyl groups is 1. The molecule has 1 aliphatic carbocycles. The Hall–Kier alpha value is -0.860. The molecular formula is C15H20O2. The molecule has 0 radical (unpaired) electrons. The Kier molecular flexibility index (Phi) is 2.93. The first-order chi connectivity index (χ1) is 8.25. The maximum Gasteiger partial charge on any atom is 0.0820 e. The Morgan fingerprint density at radius 3 is 2.82 bits per heavy atom. The van der Waals surface area contributed by atoms with E-state index in [1.54, 1.807) is 0 Å². The topological polar surface area (TPSA) is 29.5 Å². The van der Waals surface area contributed by atoms with Crippen molar-refractivity contribution in [2.24, 2.45) is 11.8 Å². The van der Waals surface area contributed by atoms with E-state index in [1.165, 1.54) is 24.0 Å². The number of fused-ring (bicyclic) bond motifs is 1. The van der Waals surface area contributed by atoms with Crippen LogP contribution in [0, 0.1) is 11.8 Å². The molecule has 1 aromatic rings. The first-order valence-electron chi connectivity index (χ1n) is 6.63. The van der Waals surface area contributed by atoms with Crippen molar-refractivity contribution in [3.8, 4) is 0 Å². The number of hydrogen-bond donors (Lipinski definition) is 1. The van der Waals surface area contributed by atoms with E-state index in [9.17, 15) is 5.11 Å². The molecular weight excluding hydrogens is 212 g/mol. The van der Waals surface area contributed by atoms with Gasteiger partial charge in [0, 0.05) is 0 Å². The van der Waals surface area contributed by atoms with Gasteiger partial charge in [-0.2, -0.15) is 0 Å². The molecule has 2 heteroatoms. The molecule has 17 heavy (non-hydrogen) atoms. The molecule has 0 spiro atoms. The van der Waals surface area contributed by atoms with Crippen LogP contribution in [0.15, 0.2) is 18.2 Å². The summed E-state index contributed by atoms with van der Waals surface area (Å²) in [6.45, 7) is 3.69. The quantitative estimate of drug-likeness (QED) is 0.848. The van der Waals surface area contributed by atoms with Crippen molar-refractivity contribution < 1.29 is 9.84 Å². The minimum atomic E-state index is -0.293. The number of benzene rings is 1. The number of hydrogen-bond acceptors (Lipinski definition) is 2. The third-order valence-corrected chi connectivity index (χ3v) is 4.42. The molecule has 3 unspecified atom stereocenters. The largest absolute Gasteiger partial charge is 0.388 e. The molecule has 1 heterocycles. The van der Waals surface area contributed by atoms with Crippen LogP contribution in [-0.2, 0) is 18.0 Å². The second kappa shape index (κ2) is 4.43. The van der Waals surface area contributed by atoms with Gasteiger partial charge in [-0.1, -0.05) is 38.0 Å². The van der Waals surface area contributed by atoms with Crippen LogP contribution < -0.4 is 0 Å². The summed E-state index contributed by atoms with van der Waals surface area (Å²) in [6.07, 6.45) is 3.39. The average molecular weight is 232 g/mol. The molecule has 0 aromatic heterocycles. The highest BCUT2D eigenvalue weighted by atomic mass is 16.5. The van der Waals surface area contributed by atoms with E-state index in [4.69, 9.17) is 4.74 Å². The van der Waals surface area contributed by atoms with Gasteiger partial charge in [0.2, 0.25) is 0 Å². The zero-order valence-corrected chi connectivity index (χ0v) is 10.4. The van der Waals surface area contributed by atoms with E-state index >= 15 is 0 Å². The van der Waals surface area contributed by atoms with Crippen molar-refractivity contribution in [3.05, 3.63) is 34.9 Å². The van der Waals surface area contributed by atoms with E-state index in [-0.39, 0.29) is 6.10 Å². The zero-order chi connectivity index (χ0) is 11.8. The van der Waals surface area contributed by atoms with Gasteiger partial charge in [0.15, 0.2) is 0 Å². The van der Waals surface area contributed by atoms with Crippen LogP contribution >= 0.6 is 0 Å². The standard InChI is InChI=1S/C15H20O2/c1-10-3-2-4-14(10)15(16)11-5-6-12-8-17-9-13(12)7-11/h5-7,10,14-16H,2-4,8-9H2,1H3. The molecule has 1 aromatic carbocycles. The molecule has 3 rings (SSSR count). The molecule has 1 aliphatic heterocycles. The lowest BCUT2D eigenvalue weighted by molar-refractivity contribution is 0.0899. The molecule has 2 aliphatic rings. The van der Waals surface area contributed by atoms with Crippen LogP contribution in [0.3, 0.4) is 0 Å². The third-order valence-electron chi connectivity index (χ3n) is 4.42. The van der Waals surface area contributed by atoms with Gasteiger partial charge < -0.3 is 9.84 Å². The van der Waals surface area contributed by atoms with Crippen molar-refractivity contribution in [1.29, 1.82) is 0 Å². The molecule has 0 bridgehead atoms. The van der Waals surface area contributed by atoms with Gasteiger partial charge >= 0.3 is 0 Å². The monoisotopic (exact) mass is 232 g/mol. The van der Waals surface area contributed by atoms with Crippen molar-refractivity contribution in [3.63, 3.8) is 0 Å². The Bertz CT molecular complexity index is 413. The first kappa shape index (κ1) is 11.2. The highest BCUT2D eigenvalue weighted by Gasteiger charge is 2.31. The highest BCUT2D eigenvalue weighted by molar-refractivity contribution is 5.34. The normalized spacial score (nSPS) is 29.3. The van der Waals surface area contributed by atoms with Gasteiger partial charge in [-0.25, -0.2) is 0 Å². The maximum atomic E-state index is 10.5. The number of ether oxygens (including phenoxy) is 1. The van der Waals surface area contributed by atoms with Crippen molar-refractivity contribution in [2.75, 3.05) is 0 Å². The van der Waals surface area contributed by atoms with Crippen molar-refractivity contribution in [1.82, 2.24) is 0 Å². The minimum absolute atomic E-state index is 0.293. The fourth-order valence-electron chi connectivity index (χ4n) is 3.27. The summed E-state index contributed by atoms with van der Waals surface area (Å²) in [4.78, 5) is 0. The minimum Gasteiger partial charge on any atom is -0.388 e. The maximum absolute atomic E-state index is 10.5. The molecule has 1 fully saturated rings. The SMILES string of the molecule is CC1CCCC1C(O)c1ccc2c(c1)COC2. The molecule has 1 saturated carbocycles. The molecule has 1 N–H and O–H groups in total. The smallest absolute Gasteiger partial charge is 0.0820 e. The van der Waals surface area contributed by atoms with Gasteiger partial charge in [0.05, 0.1) is 19.3 Å². The summed E-state index contributed by atoms with van der Waals surface area (Å²) in [5.41, 5.74) is 3.61. The fraction of sp³-hybridized carbons (Fsp3) is 0.600. The van der Waals surface area contributed by atoms with Crippen LogP contribution in [0.2, 0.25) is 0 Å². The predicted molar refractivity (Wildman–Crippen MR) is 66.4 cm³/mol. The summed E-state index contributed by atoms with van der Waals surface area (Å²) in [5.74, 6) is 1.09. The van der Waals surface area contributed by atoms with Crippen LogP contribution in [0.1, 0.15) is 49.0 Å². The van der Waals surface area contributed by atoms with Gasteiger partial charge in [0.1, 0.15) is 0 Å². The summed E-state index contributed by atoms with van der Waals surface area (Å²) < 4.78 is 5.41. The molecule has 2 nitrogen and oxygen atoms in total. The van der Waals surface area contributed by atoms with Crippen LogP contribution in [-0.4, -0.2) is 5.11 Å². The lowest BCUT2D eigenvalue weighted by atomic mass is 9.87. The van der Waals surface area contributed by atoms with Gasteiger partial charge in [0.25, 0.3) is 0 Å². The van der Waals surface area contributed by atoms with Crippen LogP contribution in [0.5, 0.6) is 0 Å². The summed E-state index contributed by atoms with van der Waals surface area (Å²) in [6, 6.07) is 6.32. The fourth-order valence-corrected chi connectivity index (χ4v) is 3.27.